The lowest BCUT2D eigenvalue weighted by Crippen LogP contribution is -2.21. The summed E-state index contributed by atoms with van der Waals surface area (Å²) in [6.45, 7) is 0.756. The first-order valence-corrected chi connectivity index (χ1v) is 8.55. The highest BCUT2D eigenvalue weighted by atomic mass is 79.9. The van der Waals surface area contributed by atoms with E-state index < -0.39 is 10.8 Å². The van der Waals surface area contributed by atoms with E-state index in [1.807, 2.05) is 11.4 Å². The lowest BCUT2D eigenvalue weighted by molar-refractivity contribution is 0.102. The zero-order valence-electron chi connectivity index (χ0n) is 9.19. The van der Waals surface area contributed by atoms with Crippen molar-refractivity contribution in [3.63, 3.8) is 0 Å². The number of Topliss-reactive ketones (excluding diaryl/α,β-unsaturated/α-hetero) is 1. The number of hydrogen-bond acceptors (Lipinski definition) is 4. The van der Waals surface area contributed by atoms with Crippen LogP contribution in [0, 0.1) is 0 Å². The van der Waals surface area contributed by atoms with Crippen molar-refractivity contribution in [2.24, 2.45) is 0 Å². The summed E-state index contributed by atoms with van der Waals surface area (Å²) in [5.74, 6) is 0.525. The predicted octanol–water partition coefficient (Wildman–Crippen LogP) is 2.62. The molecule has 2 unspecified atom stereocenters. The number of hydrogen-bond donors (Lipinski definition) is 0. The SMILES string of the molecule is O=C(CS(=O)CC1CCCO1)c1sccc1Br. The fourth-order valence-corrected chi connectivity index (χ4v) is 4.60. The molecule has 17 heavy (non-hydrogen) atoms. The molecule has 1 aliphatic heterocycles. The molecule has 94 valence electrons. The van der Waals surface area contributed by atoms with Gasteiger partial charge in [0.2, 0.25) is 0 Å². The normalized spacial score (nSPS) is 21.6. The van der Waals surface area contributed by atoms with Gasteiger partial charge in [0.05, 0.1) is 22.5 Å². The van der Waals surface area contributed by atoms with Crippen molar-refractivity contribution < 1.29 is 13.7 Å². The van der Waals surface area contributed by atoms with Gasteiger partial charge in [0.25, 0.3) is 0 Å². The van der Waals surface area contributed by atoms with Gasteiger partial charge in [-0.15, -0.1) is 11.3 Å². The highest BCUT2D eigenvalue weighted by Crippen LogP contribution is 2.23. The highest BCUT2D eigenvalue weighted by molar-refractivity contribution is 9.10. The zero-order valence-corrected chi connectivity index (χ0v) is 12.4. The zero-order chi connectivity index (χ0) is 12.3. The summed E-state index contributed by atoms with van der Waals surface area (Å²) in [6, 6.07) is 1.83. The minimum Gasteiger partial charge on any atom is -0.377 e. The number of rotatable bonds is 5. The van der Waals surface area contributed by atoms with Crippen LogP contribution in [0.1, 0.15) is 22.5 Å². The van der Waals surface area contributed by atoms with E-state index in [0.717, 1.165) is 23.9 Å². The van der Waals surface area contributed by atoms with Gasteiger partial charge in [-0.05, 0) is 40.2 Å². The van der Waals surface area contributed by atoms with Crippen molar-refractivity contribution in [3.05, 3.63) is 20.8 Å². The molecular weight excluding hydrogens is 324 g/mol. The fourth-order valence-electron chi connectivity index (χ4n) is 1.75. The van der Waals surface area contributed by atoms with Crippen molar-refractivity contribution in [2.75, 3.05) is 18.1 Å². The number of thiophene rings is 1. The Morgan fingerprint density at radius 3 is 3.06 bits per heavy atom. The summed E-state index contributed by atoms with van der Waals surface area (Å²) in [6.07, 6.45) is 2.07. The molecule has 0 spiro atoms. The van der Waals surface area contributed by atoms with E-state index in [4.69, 9.17) is 4.74 Å². The molecule has 0 bridgehead atoms. The van der Waals surface area contributed by atoms with E-state index >= 15 is 0 Å². The number of carbonyl (C=O) groups excluding carboxylic acids is 1. The van der Waals surface area contributed by atoms with Gasteiger partial charge in [0.15, 0.2) is 5.78 Å². The number of ketones is 1. The average Bonchev–Trinajstić information content (AvgIpc) is 2.88. The topological polar surface area (TPSA) is 43.4 Å². The summed E-state index contributed by atoms with van der Waals surface area (Å²) in [7, 11) is -1.12. The van der Waals surface area contributed by atoms with Crippen molar-refractivity contribution in [2.45, 2.75) is 18.9 Å². The van der Waals surface area contributed by atoms with Crippen molar-refractivity contribution in [1.29, 1.82) is 0 Å². The molecule has 0 N–H and O–H groups in total. The van der Waals surface area contributed by atoms with Crippen LogP contribution < -0.4 is 0 Å². The van der Waals surface area contributed by atoms with Crippen LogP contribution >= 0.6 is 27.3 Å². The molecule has 0 radical (unpaired) electrons. The lowest BCUT2D eigenvalue weighted by atomic mass is 10.3. The second-order valence-electron chi connectivity index (χ2n) is 3.91. The molecule has 0 amide bonds. The monoisotopic (exact) mass is 336 g/mol. The van der Waals surface area contributed by atoms with Crippen LogP contribution in [-0.2, 0) is 15.5 Å². The Kier molecular flexibility index (Phi) is 4.90. The molecule has 3 nitrogen and oxygen atoms in total. The molecule has 1 saturated heterocycles. The second-order valence-corrected chi connectivity index (χ2v) is 7.18. The van der Waals surface area contributed by atoms with Crippen LogP contribution in [0.4, 0.5) is 0 Å². The quantitative estimate of drug-likeness (QED) is 0.776. The molecule has 6 heteroatoms. The average molecular weight is 337 g/mol. The van der Waals surface area contributed by atoms with Crippen LogP contribution in [0.25, 0.3) is 0 Å². The van der Waals surface area contributed by atoms with Gasteiger partial charge in [0.1, 0.15) is 0 Å². The summed E-state index contributed by atoms with van der Waals surface area (Å²) in [4.78, 5) is 12.5. The van der Waals surface area contributed by atoms with Crippen molar-refractivity contribution >= 4 is 43.8 Å². The molecule has 2 rings (SSSR count). The van der Waals surface area contributed by atoms with Crippen molar-refractivity contribution in [1.82, 2.24) is 0 Å². The maximum absolute atomic E-state index is 11.9. The third kappa shape index (κ3) is 3.71. The Morgan fingerprint density at radius 2 is 2.47 bits per heavy atom. The minimum atomic E-state index is -1.12. The number of ether oxygens (including phenoxy) is 1. The number of halogens is 1. The maximum Gasteiger partial charge on any atom is 0.186 e. The summed E-state index contributed by atoms with van der Waals surface area (Å²) in [5, 5.41) is 1.85. The first-order chi connectivity index (χ1) is 8.16. The summed E-state index contributed by atoms with van der Waals surface area (Å²) < 4.78 is 18.0. The maximum atomic E-state index is 11.9. The van der Waals surface area contributed by atoms with E-state index in [0.29, 0.717) is 10.6 Å². The van der Waals surface area contributed by atoms with E-state index in [9.17, 15) is 9.00 Å². The molecule has 1 aromatic heterocycles. The van der Waals surface area contributed by atoms with Crippen LogP contribution in [0.2, 0.25) is 0 Å². The molecule has 1 fully saturated rings. The van der Waals surface area contributed by atoms with Crippen LogP contribution in [-0.4, -0.2) is 34.2 Å². The first kappa shape index (κ1) is 13.4. The lowest BCUT2D eigenvalue weighted by Gasteiger charge is -2.07. The molecule has 1 aliphatic rings. The Balaban J connectivity index is 1.86. The van der Waals surface area contributed by atoms with E-state index in [1.165, 1.54) is 11.3 Å². The molecule has 0 aromatic carbocycles. The van der Waals surface area contributed by atoms with Crippen LogP contribution in [0.3, 0.4) is 0 Å². The predicted molar refractivity (Wildman–Crippen MR) is 73.2 cm³/mol. The van der Waals surface area contributed by atoms with E-state index in [-0.39, 0.29) is 17.6 Å². The Morgan fingerprint density at radius 1 is 1.65 bits per heavy atom. The molecule has 2 heterocycles. The second kappa shape index (κ2) is 6.22. The first-order valence-electron chi connectivity index (χ1n) is 5.39. The van der Waals surface area contributed by atoms with Gasteiger partial charge in [-0.2, -0.15) is 0 Å². The van der Waals surface area contributed by atoms with Gasteiger partial charge >= 0.3 is 0 Å². The van der Waals surface area contributed by atoms with Gasteiger partial charge in [-0.1, -0.05) is 0 Å². The van der Waals surface area contributed by atoms with E-state index in [1.54, 1.807) is 0 Å². The Hall–Kier alpha value is -0.0400. The van der Waals surface area contributed by atoms with Gasteiger partial charge in [-0.3, -0.25) is 9.00 Å². The van der Waals surface area contributed by atoms with E-state index in [2.05, 4.69) is 15.9 Å². The number of carbonyl (C=O) groups is 1. The molecule has 2 atom stereocenters. The van der Waals surface area contributed by atoms with Gasteiger partial charge < -0.3 is 4.74 Å². The standard InChI is InChI=1S/C11H13BrO3S2/c12-9-3-5-16-11(9)10(13)7-17(14)6-8-2-1-4-15-8/h3,5,8H,1-2,4,6-7H2. The van der Waals surface area contributed by atoms with Gasteiger partial charge in [-0.25, -0.2) is 0 Å². The Labute approximate surface area is 115 Å². The Bertz CT molecular complexity index is 424. The smallest absolute Gasteiger partial charge is 0.186 e. The van der Waals surface area contributed by atoms with Gasteiger partial charge in [0, 0.05) is 21.9 Å². The minimum absolute atomic E-state index is 0.0526. The molecule has 0 aliphatic carbocycles. The third-order valence-corrected chi connectivity index (χ3v) is 5.76. The van der Waals surface area contributed by atoms with Crippen LogP contribution in [0.5, 0.6) is 0 Å². The summed E-state index contributed by atoms with van der Waals surface area (Å²) >= 11 is 4.69. The third-order valence-electron chi connectivity index (χ3n) is 2.56. The van der Waals surface area contributed by atoms with Crippen molar-refractivity contribution in [3.8, 4) is 0 Å². The highest BCUT2D eigenvalue weighted by Gasteiger charge is 2.21. The largest absolute Gasteiger partial charge is 0.377 e. The molecular formula is C11H13BrO3S2. The molecule has 1 aromatic rings. The van der Waals surface area contributed by atoms with Crippen LogP contribution in [0.15, 0.2) is 15.9 Å². The molecule has 0 saturated carbocycles. The summed E-state index contributed by atoms with van der Waals surface area (Å²) in [5.41, 5.74) is 0. The fraction of sp³-hybridized carbons (Fsp3) is 0.545.